The third-order valence-corrected chi connectivity index (χ3v) is 2.80. The first-order valence-electron chi connectivity index (χ1n) is 7.09. The van der Waals surface area contributed by atoms with Crippen LogP contribution in [-0.2, 0) is 19.1 Å². The molecule has 0 aliphatic heterocycles. The molecule has 116 valence electrons. The molecule has 0 fully saturated rings. The average Bonchev–Trinajstić information content (AvgIpc) is 2.45. The molecule has 0 saturated heterocycles. The molecule has 5 nitrogen and oxygen atoms in total. The van der Waals surface area contributed by atoms with Gasteiger partial charge in [-0.05, 0) is 37.5 Å². The molecular weight excluding hydrogens is 272 g/mol. The van der Waals surface area contributed by atoms with Gasteiger partial charge in [0.25, 0.3) is 6.10 Å². The van der Waals surface area contributed by atoms with E-state index in [2.05, 4.69) is 13.8 Å². The van der Waals surface area contributed by atoms with Crippen molar-refractivity contribution >= 4 is 11.9 Å². The Kier molecular flexibility index (Phi) is 6.72. The molecule has 0 amide bonds. The maximum atomic E-state index is 11.8. The molecule has 0 unspecified atom stereocenters. The van der Waals surface area contributed by atoms with E-state index in [4.69, 9.17) is 14.2 Å². The van der Waals surface area contributed by atoms with Crippen LogP contribution in [0.2, 0.25) is 0 Å². The van der Waals surface area contributed by atoms with Gasteiger partial charge in [0, 0.05) is 0 Å². The second kappa shape index (κ2) is 8.29. The van der Waals surface area contributed by atoms with Crippen LogP contribution in [0.1, 0.15) is 39.2 Å². The summed E-state index contributed by atoms with van der Waals surface area (Å²) in [5.41, 5.74) is 1.14. The standard InChI is InChI=1S/C16H22O5/c1-5-19-15(17)14(16(18)20-6-2)21-13-9-7-12(8-10-13)11(3)4/h7-11,14H,5-6H2,1-4H3. The predicted molar refractivity (Wildman–Crippen MR) is 78.2 cm³/mol. The molecule has 1 aromatic rings. The minimum atomic E-state index is -1.39. The highest BCUT2D eigenvalue weighted by Gasteiger charge is 2.31. The van der Waals surface area contributed by atoms with Gasteiger partial charge < -0.3 is 14.2 Å². The van der Waals surface area contributed by atoms with Gasteiger partial charge in [-0.1, -0.05) is 26.0 Å². The first-order chi connectivity index (χ1) is 9.99. The van der Waals surface area contributed by atoms with Crippen molar-refractivity contribution in [2.45, 2.75) is 39.7 Å². The summed E-state index contributed by atoms with van der Waals surface area (Å²) in [6.45, 7) is 7.83. The van der Waals surface area contributed by atoms with Gasteiger partial charge in [0.1, 0.15) is 5.75 Å². The molecular formula is C16H22O5. The van der Waals surface area contributed by atoms with E-state index in [1.165, 1.54) is 0 Å². The van der Waals surface area contributed by atoms with Crippen molar-refractivity contribution < 1.29 is 23.8 Å². The normalized spacial score (nSPS) is 10.6. The molecule has 0 spiro atoms. The topological polar surface area (TPSA) is 61.8 Å². The molecule has 0 aromatic heterocycles. The fraction of sp³-hybridized carbons (Fsp3) is 0.500. The molecule has 0 saturated carbocycles. The first-order valence-corrected chi connectivity index (χ1v) is 7.09. The van der Waals surface area contributed by atoms with Crippen molar-refractivity contribution in [2.24, 2.45) is 0 Å². The van der Waals surface area contributed by atoms with Crippen molar-refractivity contribution in [3.63, 3.8) is 0 Å². The zero-order valence-corrected chi connectivity index (χ0v) is 12.9. The number of rotatable bonds is 7. The average molecular weight is 294 g/mol. The third-order valence-electron chi connectivity index (χ3n) is 2.80. The summed E-state index contributed by atoms with van der Waals surface area (Å²) in [7, 11) is 0. The van der Waals surface area contributed by atoms with Crippen LogP contribution in [0.5, 0.6) is 5.75 Å². The number of hydrogen-bond donors (Lipinski definition) is 0. The lowest BCUT2D eigenvalue weighted by molar-refractivity contribution is -0.166. The highest BCUT2D eigenvalue weighted by Crippen LogP contribution is 2.20. The molecule has 0 atom stereocenters. The second-order valence-corrected chi connectivity index (χ2v) is 4.73. The lowest BCUT2D eigenvalue weighted by Crippen LogP contribution is -2.38. The van der Waals surface area contributed by atoms with Crippen LogP contribution in [-0.4, -0.2) is 31.3 Å². The van der Waals surface area contributed by atoms with Crippen molar-refractivity contribution in [1.29, 1.82) is 0 Å². The van der Waals surface area contributed by atoms with E-state index in [1.807, 2.05) is 12.1 Å². The minimum absolute atomic E-state index is 0.171. The summed E-state index contributed by atoms with van der Waals surface area (Å²) in [6, 6.07) is 7.24. The van der Waals surface area contributed by atoms with Crippen molar-refractivity contribution in [2.75, 3.05) is 13.2 Å². The molecule has 0 bridgehead atoms. The number of carbonyl (C=O) groups is 2. The van der Waals surface area contributed by atoms with Gasteiger partial charge in [-0.3, -0.25) is 0 Å². The fourth-order valence-electron chi connectivity index (χ4n) is 1.70. The fourth-order valence-corrected chi connectivity index (χ4v) is 1.70. The molecule has 0 heterocycles. The zero-order chi connectivity index (χ0) is 15.8. The van der Waals surface area contributed by atoms with E-state index in [-0.39, 0.29) is 13.2 Å². The summed E-state index contributed by atoms with van der Waals surface area (Å²) in [5.74, 6) is -0.678. The van der Waals surface area contributed by atoms with Gasteiger partial charge in [0.2, 0.25) is 0 Å². The van der Waals surface area contributed by atoms with Crippen LogP contribution in [0.3, 0.4) is 0 Å². The van der Waals surface area contributed by atoms with Crippen molar-refractivity contribution in [1.82, 2.24) is 0 Å². The number of carbonyl (C=O) groups excluding carboxylic acids is 2. The van der Waals surface area contributed by atoms with E-state index in [0.717, 1.165) is 5.56 Å². The van der Waals surface area contributed by atoms with Crippen LogP contribution in [0.15, 0.2) is 24.3 Å². The van der Waals surface area contributed by atoms with Gasteiger partial charge in [0.15, 0.2) is 0 Å². The molecule has 5 heteroatoms. The Morgan fingerprint density at radius 2 is 1.43 bits per heavy atom. The van der Waals surface area contributed by atoms with Crippen LogP contribution in [0.4, 0.5) is 0 Å². The SMILES string of the molecule is CCOC(=O)C(Oc1ccc(C(C)C)cc1)C(=O)OCC. The van der Waals surface area contributed by atoms with Crippen LogP contribution in [0.25, 0.3) is 0 Å². The molecule has 1 aromatic carbocycles. The molecule has 0 radical (unpaired) electrons. The van der Waals surface area contributed by atoms with Crippen LogP contribution < -0.4 is 4.74 Å². The van der Waals surface area contributed by atoms with Gasteiger partial charge in [-0.15, -0.1) is 0 Å². The smallest absolute Gasteiger partial charge is 0.359 e. The molecule has 0 aliphatic carbocycles. The lowest BCUT2D eigenvalue weighted by Gasteiger charge is -2.16. The first kappa shape index (κ1) is 17.0. The Labute approximate surface area is 125 Å². The zero-order valence-electron chi connectivity index (χ0n) is 12.9. The van der Waals surface area contributed by atoms with E-state index >= 15 is 0 Å². The maximum Gasteiger partial charge on any atom is 0.359 e. The minimum Gasteiger partial charge on any atom is -0.467 e. The van der Waals surface area contributed by atoms with Gasteiger partial charge in [-0.2, -0.15) is 0 Å². The molecule has 0 aliphatic rings. The Bertz CT molecular complexity index is 446. The summed E-state index contributed by atoms with van der Waals surface area (Å²) < 4.78 is 15.1. The summed E-state index contributed by atoms with van der Waals surface area (Å²) in [4.78, 5) is 23.6. The van der Waals surface area contributed by atoms with E-state index in [0.29, 0.717) is 11.7 Å². The third kappa shape index (κ3) is 5.10. The van der Waals surface area contributed by atoms with Crippen LogP contribution >= 0.6 is 0 Å². The Morgan fingerprint density at radius 3 is 1.81 bits per heavy atom. The number of esters is 2. The summed E-state index contributed by atoms with van der Waals surface area (Å²) in [6.07, 6.45) is -1.39. The maximum absolute atomic E-state index is 11.8. The van der Waals surface area contributed by atoms with Gasteiger partial charge >= 0.3 is 11.9 Å². The Hall–Kier alpha value is -2.04. The second-order valence-electron chi connectivity index (χ2n) is 4.73. The molecule has 1 rings (SSSR count). The van der Waals surface area contributed by atoms with Crippen molar-refractivity contribution in [3.8, 4) is 5.75 Å². The lowest BCUT2D eigenvalue weighted by atomic mass is 10.0. The monoisotopic (exact) mass is 294 g/mol. The van der Waals surface area contributed by atoms with E-state index in [9.17, 15) is 9.59 Å². The molecule has 21 heavy (non-hydrogen) atoms. The van der Waals surface area contributed by atoms with Gasteiger partial charge in [-0.25, -0.2) is 9.59 Å². The highest BCUT2D eigenvalue weighted by atomic mass is 16.6. The molecule has 0 N–H and O–H groups in total. The summed E-state index contributed by atoms with van der Waals surface area (Å²) >= 11 is 0. The quantitative estimate of drug-likeness (QED) is 0.571. The highest BCUT2D eigenvalue weighted by molar-refractivity contribution is 5.98. The van der Waals surface area contributed by atoms with Gasteiger partial charge in [0.05, 0.1) is 13.2 Å². The number of ether oxygens (including phenoxy) is 3. The number of hydrogen-bond acceptors (Lipinski definition) is 5. The van der Waals surface area contributed by atoms with Crippen molar-refractivity contribution in [3.05, 3.63) is 29.8 Å². The Morgan fingerprint density at radius 1 is 0.952 bits per heavy atom. The summed E-state index contributed by atoms with van der Waals surface area (Å²) in [5, 5.41) is 0. The van der Waals surface area contributed by atoms with E-state index < -0.39 is 18.0 Å². The Balaban J connectivity index is 2.84. The van der Waals surface area contributed by atoms with E-state index in [1.54, 1.807) is 26.0 Å². The number of benzene rings is 1. The largest absolute Gasteiger partial charge is 0.467 e. The predicted octanol–water partition coefficient (Wildman–Crippen LogP) is 2.68. The van der Waals surface area contributed by atoms with Crippen LogP contribution in [0, 0.1) is 0 Å².